The maximum Gasteiger partial charge on any atom is 0.309 e. The van der Waals surface area contributed by atoms with Crippen molar-refractivity contribution < 1.29 is 9.90 Å². The second-order valence-corrected chi connectivity index (χ2v) is 6.21. The number of carbonyl (C=O) groups is 1. The van der Waals surface area contributed by atoms with Crippen molar-refractivity contribution in [3.05, 3.63) is 11.1 Å². The van der Waals surface area contributed by atoms with Gasteiger partial charge in [-0.3, -0.25) is 9.69 Å². The first kappa shape index (κ1) is 12.9. The molecule has 2 atom stereocenters. The van der Waals surface area contributed by atoms with E-state index in [0.717, 1.165) is 5.13 Å². The number of piperidine rings is 1. The van der Waals surface area contributed by atoms with Gasteiger partial charge < -0.3 is 10.4 Å². The Bertz CT molecular complexity index is 462. The van der Waals surface area contributed by atoms with E-state index < -0.39 is 5.97 Å². The number of anilines is 1. The van der Waals surface area contributed by atoms with Crippen LogP contribution in [0, 0.1) is 0 Å². The highest BCUT2D eigenvalue weighted by molar-refractivity contribution is 7.13. The molecule has 2 aliphatic rings. The SMILES string of the molecule is O=C(O)Cc1csc(NC2CCN3CCCCC23)n1. The number of rotatable bonds is 4. The van der Waals surface area contributed by atoms with Gasteiger partial charge in [0.05, 0.1) is 12.1 Å². The summed E-state index contributed by atoms with van der Waals surface area (Å²) in [5.74, 6) is -0.823. The van der Waals surface area contributed by atoms with E-state index in [1.165, 1.54) is 50.1 Å². The summed E-state index contributed by atoms with van der Waals surface area (Å²) in [6.07, 6.45) is 5.09. The quantitative estimate of drug-likeness (QED) is 0.881. The van der Waals surface area contributed by atoms with E-state index in [9.17, 15) is 4.79 Å². The molecule has 2 unspecified atom stereocenters. The Labute approximate surface area is 116 Å². The van der Waals surface area contributed by atoms with Crippen LogP contribution in [-0.2, 0) is 11.2 Å². The number of nitrogens with zero attached hydrogens (tertiary/aromatic N) is 2. The molecule has 0 radical (unpaired) electrons. The van der Waals surface area contributed by atoms with Crippen LogP contribution in [0.5, 0.6) is 0 Å². The Balaban J connectivity index is 1.61. The Morgan fingerprint density at radius 3 is 3.21 bits per heavy atom. The number of aromatic nitrogens is 1. The summed E-state index contributed by atoms with van der Waals surface area (Å²) in [6.45, 7) is 2.40. The number of fused-ring (bicyclic) bond motifs is 1. The van der Waals surface area contributed by atoms with Gasteiger partial charge in [-0.05, 0) is 25.8 Å². The van der Waals surface area contributed by atoms with Gasteiger partial charge in [0.1, 0.15) is 0 Å². The van der Waals surface area contributed by atoms with Crippen LogP contribution in [0.25, 0.3) is 0 Å². The van der Waals surface area contributed by atoms with Gasteiger partial charge in [0.25, 0.3) is 0 Å². The van der Waals surface area contributed by atoms with E-state index in [1.54, 1.807) is 0 Å². The van der Waals surface area contributed by atoms with Crippen molar-refractivity contribution in [3.8, 4) is 0 Å². The van der Waals surface area contributed by atoms with Crippen LogP contribution in [0.1, 0.15) is 31.4 Å². The summed E-state index contributed by atoms with van der Waals surface area (Å²) >= 11 is 1.51. The predicted octanol–water partition coefficient (Wildman–Crippen LogP) is 1.81. The maximum atomic E-state index is 10.6. The molecule has 0 saturated carbocycles. The summed E-state index contributed by atoms with van der Waals surface area (Å²) in [4.78, 5) is 17.6. The molecule has 2 saturated heterocycles. The van der Waals surface area contributed by atoms with Crippen LogP contribution in [0.3, 0.4) is 0 Å². The monoisotopic (exact) mass is 281 g/mol. The largest absolute Gasteiger partial charge is 0.481 e. The van der Waals surface area contributed by atoms with Gasteiger partial charge in [-0.1, -0.05) is 6.42 Å². The van der Waals surface area contributed by atoms with E-state index in [0.29, 0.717) is 17.8 Å². The van der Waals surface area contributed by atoms with Crippen LogP contribution < -0.4 is 5.32 Å². The number of aliphatic carboxylic acids is 1. The minimum Gasteiger partial charge on any atom is -0.481 e. The van der Waals surface area contributed by atoms with Gasteiger partial charge >= 0.3 is 5.97 Å². The van der Waals surface area contributed by atoms with E-state index in [1.807, 2.05) is 5.38 Å². The highest BCUT2D eigenvalue weighted by Gasteiger charge is 2.35. The summed E-state index contributed by atoms with van der Waals surface area (Å²) in [6, 6.07) is 1.12. The minimum absolute atomic E-state index is 0.0123. The number of hydrogen-bond acceptors (Lipinski definition) is 5. The lowest BCUT2D eigenvalue weighted by Gasteiger charge is -2.32. The van der Waals surface area contributed by atoms with Gasteiger partial charge in [-0.15, -0.1) is 11.3 Å². The summed E-state index contributed by atoms with van der Waals surface area (Å²) in [5.41, 5.74) is 0.651. The average Bonchev–Trinajstić information content (AvgIpc) is 2.97. The molecule has 2 aliphatic heterocycles. The molecule has 19 heavy (non-hydrogen) atoms. The van der Waals surface area contributed by atoms with Crippen molar-refractivity contribution in [2.24, 2.45) is 0 Å². The highest BCUT2D eigenvalue weighted by atomic mass is 32.1. The van der Waals surface area contributed by atoms with E-state index >= 15 is 0 Å². The predicted molar refractivity (Wildman–Crippen MR) is 74.7 cm³/mol. The highest BCUT2D eigenvalue weighted by Crippen LogP contribution is 2.30. The van der Waals surface area contributed by atoms with Crippen LogP contribution in [0.2, 0.25) is 0 Å². The Morgan fingerprint density at radius 1 is 1.47 bits per heavy atom. The second kappa shape index (κ2) is 5.46. The third-order valence-electron chi connectivity index (χ3n) is 4.05. The summed E-state index contributed by atoms with van der Waals surface area (Å²) in [7, 11) is 0. The Hall–Kier alpha value is -1.14. The van der Waals surface area contributed by atoms with Crippen molar-refractivity contribution >= 4 is 22.4 Å². The third-order valence-corrected chi connectivity index (χ3v) is 4.87. The zero-order chi connectivity index (χ0) is 13.2. The topological polar surface area (TPSA) is 65.5 Å². The van der Waals surface area contributed by atoms with E-state index in [4.69, 9.17) is 5.11 Å². The normalized spacial score (nSPS) is 27.2. The van der Waals surface area contributed by atoms with Gasteiger partial charge in [0.2, 0.25) is 0 Å². The molecule has 3 rings (SSSR count). The summed E-state index contributed by atoms with van der Waals surface area (Å²) < 4.78 is 0. The molecule has 104 valence electrons. The van der Waals surface area contributed by atoms with Crippen LogP contribution >= 0.6 is 11.3 Å². The number of carboxylic acids is 1. The first-order chi connectivity index (χ1) is 9.22. The number of carboxylic acid groups (broad SMARTS) is 1. The number of hydrogen-bond donors (Lipinski definition) is 2. The van der Waals surface area contributed by atoms with Crippen molar-refractivity contribution in [2.75, 3.05) is 18.4 Å². The molecular weight excluding hydrogens is 262 g/mol. The molecule has 6 heteroatoms. The lowest BCUT2D eigenvalue weighted by molar-refractivity contribution is -0.136. The van der Waals surface area contributed by atoms with Crippen molar-refractivity contribution in [1.29, 1.82) is 0 Å². The average molecular weight is 281 g/mol. The molecule has 1 aromatic rings. The van der Waals surface area contributed by atoms with Gasteiger partial charge in [0.15, 0.2) is 5.13 Å². The fourth-order valence-corrected chi connectivity index (χ4v) is 3.96. The summed E-state index contributed by atoms with van der Waals surface area (Å²) in [5, 5.41) is 15.0. The molecular formula is C13H19N3O2S. The first-order valence-corrected chi connectivity index (χ1v) is 7.77. The maximum absolute atomic E-state index is 10.6. The smallest absolute Gasteiger partial charge is 0.309 e. The third kappa shape index (κ3) is 2.90. The zero-order valence-corrected chi connectivity index (χ0v) is 11.7. The van der Waals surface area contributed by atoms with E-state index in [2.05, 4.69) is 15.2 Å². The Kier molecular flexibility index (Phi) is 3.70. The Morgan fingerprint density at radius 2 is 2.37 bits per heavy atom. The second-order valence-electron chi connectivity index (χ2n) is 5.35. The molecule has 3 heterocycles. The molecule has 0 spiro atoms. The fourth-order valence-electron chi connectivity index (χ4n) is 3.18. The standard InChI is InChI=1S/C13H19N3O2S/c17-12(18)7-9-8-19-13(14-9)15-10-4-6-16-5-2-1-3-11(10)16/h8,10-11H,1-7H2,(H,14,15)(H,17,18). The number of nitrogens with one attached hydrogen (secondary N) is 1. The molecule has 0 aliphatic carbocycles. The van der Waals surface area contributed by atoms with Crippen LogP contribution in [0.15, 0.2) is 5.38 Å². The van der Waals surface area contributed by atoms with Gasteiger partial charge in [-0.25, -0.2) is 4.98 Å². The van der Waals surface area contributed by atoms with E-state index in [-0.39, 0.29) is 6.42 Å². The molecule has 5 nitrogen and oxygen atoms in total. The molecule has 0 amide bonds. The fraction of sp³-hybridized carbons (Fsp3) is 0.692. The molecule has 0 aromatic carbocycles. The first-order valence-electron chi connectivity index (χ1n) is 6.89. The molecule has 2 N–H and O–H groups in total. The van der Waals surface area contributed by atoms with Crippen molar-refractivity contribution in [1.82, 2.24) is 9.88 Å². The van der Waals surface area contributed by atoms with Crippen LogP contribution in [-0.4, -0.2) is 46.1 Å². The zero-order valence-electron chi connectivity index (χ0n) is 10.8. The molecule has 2 fully saturated rings. The number of thiazole rings is 1. The van der Waals surface area contributed by atoms with Crippen LogP contribution in [0.4, 0.5) is 5.13 Å². The van der Waals surface area contributed by atoms with Gasteiger partial charge in [-0.2, -0.15) is 0 Å². The lowest BCUT2D eigenvalue weighted by Crippen LogP contribution is -2.41. The molecule has 1 aromatic heterocycles. The molecule has 0 bridgehead atoms. The van der Waals surface area contributed by atoms with Gasteiger partial charge in [0, 0.05) is 24.0 Å². The minimum atomic E-state index is -0.823. The van der Waals surface area contributed by atoms with Crippen molar-refractivity contribution in [2.45, 2.75) is 44.2 Å². The van der Waals surface area contributed by atoms with Crippen molar-refractivity contribution in [3.63, 3.8) is 0 Å². The lowest BCUT2D eigenvalue weighted by atomic mass is 9.99.